The molecule has 23 heavy (non-hydrogen) atoms. The Morgan fingerprint density at radius 1 is 1.26 bits per heavy atom. The highest BCUT2D eigenvalue weighted by atomic mass is 19.4. The summed E-state index contributed by atoms with van der Waals surface area (Å²) < 4.78 is 49.3. The van der Waals surface area contributed by atoms with Crippen molar-refractivity contribution in [3.8, 4) is 5.75 Å². The molecule has 0 aromatic heterocycles. The summed E-state index contributed by atoms with van der Waals surface area (Å²) in [5.74, 6) is -0.775. The fraction of sp³-hybridized carbons (Fsp3) is 0.562. The average Bonchev–Trinajstić information content (AvgIpc) is 2.51. The predicted octanol–water partition coefficient (Wildman–Crippen LogP) is 4.25. The molecule has 0 spiro atoms. The highest BCUT2D eigenvalue weighted by Crippen LogP contribution is 2.37. The number of alkyl halides is 3. The molecule has 7 heteroatoms. The van der Waals surface area contributed by atoms with Crippen LogP contribution in [0.4, 0.5) is 18.9 Å². The molecule has 0 saturated heterocycles. The number of nitrogens with one attached hydrogen (secondary N) is 1. The van der Waals surface area contributed by atoms with E-state index in [2.05, 4.69) is 5.32 Å². The third-order valence-corrected chi connectivity index (χ3v) is 3.54. The van der Waals surface area contributed by atoms with Crippen molar-refractivity contribution < 1.29 is 27.4 Å². The van der Waals surface area contributed by atoms with Gasteiger partial charge in [0.05, 0.1) is 12.7 Å². The lowest BCUT2D eigenvalue weighted by Gasteiger charge is -2.27. The minimum atomic E-state index is -4.57. The largest absolute Gasteiger partial charge is 0.496 e. The first-order chi connectivity index (χ1) is 10.7. The van der Waals surface area contributed by atoms with E-state index in [1.807, 2.05) is 6.92 Å². The molecule has 0 aliphatic rings. The van der Waals surface area contributed by atoms with E-state index < -0.39 is 23.2 Å². The second kappa shape index (κ2) is 7.68. The number of halogens is 3. The van der Waals surface area contributed by atoms with E-state index >= 15 is 0 Å². The van der Waals surface area contributed by atoms with Crippen LogP contribution < -0.4 is 10.1 Å². The van der Waals surface area contributed by atoms with Gasteiger partial charge in [-0.2, -0.15) is 13.2 Å². The number of hydrogen-bond acceptors (Lipinski definition) is 3. The van der Waals surface area contributed by atoms with Gasteiger partial charge in [-0.05, 0) is 38.0 Å². The van der Waals surface area contributed by atoms with Gasteiger partial charge in [-0.25, -0.2) is 0 Å². The summed E-state index contributed by atoms with van der Waals surface area (Å²) in [6.07, 6.45) is -3.43. The Labute approximate surface area is 134 Å². The summed E-state index contributed by atoms with van der Waals surface area (Å²) in [6, 6.07) is 3.39. The third kappa shape index (κ3) is 4.86. The second-order valence-electron chi connectivity index (χ2n) is 5.30. The van der Waals surface area contributed by atoms with Gasteiger partial charge in [-0.1, -0.05) is 13.8 Å². The van der Waals surface area contributed by atoms with E-state index in [9.17, 15) is 18.0 Å². The number of ether oxygens (including phenoxy) is 2. The number of amides is 1. The van der Waals surface area contributed by atoms with Gasteiger partial charge in [-0.3, -0.25) is 4.79 Å². The normalized spacial score (nSPS) is 14.2. The first-order valence-electron chi connectivity index (χ1n) is 7.38. The van der Waals surface area contributed by atoms with Gasteiger partial charge in [0.15, 0.2) is 0 Å². The van der Waals surface area contributed by atoms with Crippen molar-refractivity contribution in [2.45, 2.75) is 45.4 Å². The molecule has 0 heterocycles. The Balaban J connectivity index is 3.02. The van der Waals surface area contributed by atoms with Gasteiger partial charge in [0.2, 0.25) is 0 Å². The molecule has 0 radical (unpaired) electrons. The maximum absolute atomic E-state index is 13.0. The van der Waals surface area contributed by atoms with Gasteiger partial charge in [0.1, 0.15) is 11.4 Å². The van der Waals surface area contributed by atoms with Crippen molar-refractivity contribution >= 4 is 11.6 Å². The molecule has 0 unspecified atom stereocenters. The monoisotopic (exact) mass is 333 g/mol. The quantitative estimate of drug-likeness (QED) is 0.811. The molecule has 0 bridgehead atoms. The van der Waals surface area contributed by atoms with Gasteiger partial charge < -0.3 is 14.8 Å². The van der Waals surface area contributed by atoms with Crippen molar-refractivity contribution in [3.05, 3.63) is 23.8 Å². The van der Waals surface area contributed by atoms with Gasteiger partial charge in [0, 0.05) is 12.3 Å². The first kappa shape index (κ1) is 19.3. The summed E-state index contributed by atoms with van der Waals surface area (Å²) in [6.45, 7) is 5.71. The van der Waals surface area contributed by atoms with Crippen molar-refractivity contribution in [2.24, 2.45) is 0 Å². The van der Waals surface area contributed by atoms with Gasteiger partial charge in [0.25, 0.3) is 5.91 Å². The lowest BCUT2D eigenvalue weighted by Crippen LogP contribution is -2.42. The average molecular weight is 333 g/mol. The number of hydrogen-bond donors (Lipinski definition) is 1. The van der Waals surface area contributed by atoms with E-state index in [1.165, 1.54) is 12.1 Å². The standard InChI is InChI=1S/C16H22F3NO3/c1-5-9-23-15(3,6-2)14(21)20-11-7-8-13(22-4)12(10-11)16(17,18)19/h7-8,10H,5-6,9H2,1-4H3,(H,20,21)/t15-/m0/s1. The number of methoxy groups -OCH3 is 1. The van der Waals surface area contributed by atoms with Crippen LogP contribution in [0.5, 0.6) is 5.75 Å². The van der Waals surface area contributed by atoms with Crippen LogP contribution in [0.15, 0.2) is 18.2 Å². The van der Waals surface area contributed by atoms with Crippen LogP contribution in [0.3, 0.4) is 0 Å². The van der Waals surface area contributed by atoms with Gasteiger partial charge >= 0.3 is 6.18 Å². The van der Waals surface area contributed by atoms with Crippen molar-refractivity contribution in [2.75, 3.05) is 19.0 Å². The van der Waals surface area contributed by atoms with Crippen LogP contribution >= 0.6 is 0 Å². The molecule has 0 fully saturated rings. The lowest BCUT2D eigenvalue weighted by molar-refractivity contribution is -0.140. The number of rotatable bonds is 7. The second-order valence-corrected chi connectivity index (χ2v) is 5.30. The van der Waals surface area contributed by atoms with Crippen molar-refractivity contribution in [1.29, 1.82) is 0 Å². The molecule has 1 aromatic carbocycles. The fourth-order valence-electron chi connectivity index (χ4n) is 1.93. The number of carbonyl (C=O) groups excluding carboxylic acids is 1. The summed E-state index contributed by atoms with van der Waals surface area (Å²) in [5.41, 5.74) is -1.98. The van der Waals surface area contributed by atoms with Crippen LogP contribution in [-0.2, 0) is 15.7 Å². The molecule has 130 valence electrons. The fourth-order valence-corrected chi connectivity index (χ4v) is 1.93. The molecule has 1 atom stereocenters. The summed E-state index contributed by atoms with van der Waals surface area (Å²) in [7, 11) is 1.16. The summed E-state index contributed by atoms with van der Waals surface area (Å²) in [4.78, 5) is 12.3. The van der Waals surface area contributed by atoms with E-state index in [0.29, 0.717) is 13.0 Å². The molecular weight excluding hydrogens is 311 g/mol. The minimum absolute atomic E-state index is 0.0444. The number of anilines is 1. The number of benzene rings is 1. The van der Waals surface area contributed by atoms with E-state index in [-0.39, 0.29) is 11.4 Å². The maximum Gasteiger partial charge on any atom is 0.420 e. The van der Waals surface area contributed by atoms with Crippen LogP contribution in [0.25, 0.3) is 0 Å². The first-order valence-corrected chi connectivity index (χ1v) is 7.38. The zero-order valence-corrected chi connectivity index (χ0v) is 13.7. The summed E-state index contributed by atoms with van der Waals surface area (Å²) in [5, 5.41) is 2.49. The highest BCUT2D eigenvalue weighted by molar-refractivity contribution is 5.97. The Hall–Kier alpha value is -1.76. The SMILES string of the molecule is CCCO[C@@](C)(CC)C(=O)Nc1ccc(OC)c(C(F)(F)F)c1. The third-order valence-electron chi connectivity index (χ3n) is 3.54. The van der Waals surface area contributed by atoms with Gasteiger partial charge in [-0.15, -0.1) is 0 Å². The molecule has 1 amide bonds. The van der Waals surface area contributed by atoms with E-state index in [4.69, 9.17) is 9.47 Å². The zero-order valence-electron chi connectivity index (χ0n) is 13.7. The lowest BCUT2D eigenvalue weighted by atomic mass is 10.0. The Bertz CT molecular complexity index is 546. The topological polar surface area (TPSA) is 47.6 Å². The molecule has 1 N–H and O–H groups in total. The molecule has 0 saturated carbocycles. The molecule has 0 aliphatic carbocycles. The van der Waals surface area contributed by atoms with E-state index in [0.717, 1.165) is 19.6 Å². The smallest absolute Gasteiger partial charge is 0.420 e. The minimum Gasteiger partial charge on any atom is -0.496 e. The van der Waals surface area contributed by atoms with E-state index in [1.54, 1.807) is 13.8 Å². The van der Waals surface area contributed by atoms with Crippen LogP contribution in [0.2, 0.25) is 0 Å². The summed E-state index contributed by atoms with van der Waals surface area (Å²) >= 11 is 0. The Kier molecular flexibility index (Phi) is 6.44. The molecule has 4 nitrogen and oxygen atoms in total. The van der Waals surface area contributed by atoms with Crippen LogP contribution in [-0.4, -0.2) is 25.2 Å². The van der Waals surface area contributed by atoms with Crippen molar-refractivity contribution in [3.63, 3.8) is 0 Å². The molecule has 0 aliphatic heterocycles. The Morgan fingerprint density at radius 2 is 1.91 bits per heavy atom. The predicted molar refractivity (Wildman–Crippen MR) is 81.6 cm³/mol. The molecular formula is C16H22F3NO3. The maximum atomic E-state index is 13.0. The Morgan fingerprint density at radius 3 is 2.39 bits per heavy atom. The molecule has 1 rings (SSSR count). The molecule has 1 aromatic rings. The zero-order chi connectivity index (χ0) is 17.7. The highest BCUT2D eigenvalue weighted by Gasteiger charge is 2.36. The van der Waals surface area contributed by atoms with Crippen LogP contribution in [0.1, 0.15) is 39.2 Å². The van der Waals surface area contributed by atoms with Crippen LogP contribution in [0, 0.1) is 0 Å². The van der Waals surface area contributed by atoms with Crippen molar-refractivity contribution in [1.82, 2.24) is 0 Å². The number of carbonyl (C=O) groups is 1.